The molecule has 0 saturated carbocycles. The molecule has 0 aromatic carbocycles. The third kappa shape index (κ3) is 11.2. The van der Waals surface area contributed by atoms with Crippen molar-refractivity contribution in [3.8, 4) is 0 Å². The molecule has 29 heavy (non-hydrogen) atoms. The fourth-order valence-electron chi connectivity index (χ4n) is 2.19. The molecule has 0 aromatic heterocycles. The van der Waals surface area contributed by atoms with E-state index in [1.807, 2.05) is 0 Å². The maximum atomic E-state index is 12.4. The molecule has 3 unspecified atom stereocenters. The SMILES string of the molecule is NNC(CCC(=O)O)C(=O)NC(CCC(=O)O)C(=O)NC(CCC(=O)O)C(N)=O. The summed E-state index contributed by atoms with van der Waals surface area (Å²) in [6.45, 7) is 0. The van der Waals surface area contributed by atoms with Gasteiger partial charge in [0.2, 0.25) is 17.7 Å². The Morgan fingerprint density at radius 1 is 0.655 bits per heavy atom. The van der Waals surface area contributed by atoms with E-state index in [1.54, 1.807) is 0 Å². The van der Waals surface area contributed by atoms with Crippen molar-refractivity contribution in [3.63, 3.8) is 0 Å². The Morgan fingerprint density at radius 2 is 1.00 bits per heavy atom. The highest BCUT2D eigenvalue weighted by molar-refractivity contribution is 5.93. The van der Waals surface area contributed by atoms with E-state index in [4.69, 9.17) is 26.9 Å². The summed E-state index contributed by atoms with van der Waals surface area (Å²) in [5.41, 5.74) is 7.22. The van der Waals surface area contributed by atoms with Gasteiger partial charge in [-0.1, -0.05) is 0 Å². The number of carboxylic acids is 3. The molecular weight excluding hydrogens is 394 g/mol. The third-order valence-corrected chi connectivity index (χ3v) is 3.75. The fraction of sp³-hybridized carbons (Fsp3) is 0.600. The second-order valence-corrected chi connectivity index (χ2v) is 6.04. The van der Waals surface area contributed by atoms with Gasteiger partial charge in [0.1, 0.15) is 18.1 Å². The number of carbonyl (C=O) groups is 6. The number of hydrogen-bond acceptors (Lipinski definition) is 8. The summed E-state index contributed by atoms with van der Waals surface area (Å²) in [5.74, 6) is -1.28. The first-order valence-corrected chi connectivity index (χ1v) is 8.49. The highest BCUT2D eigenvalue weighted by atomic mass is 16.4. The van der Waals surface area contributed by atoms with Gasteiger partial charge in [-0.2, -0.15) is 0 Å². The zero-order valence-electron chi connectivity index (χ0n) is 15.4. The van der Waals surface area contributed by atoms with Crippen LogP contribution in [0.3, 0.4) is 0 Å². The quantitative estimate of drug-likeness (QED) is 0.0972. The largest absolute Gasteiger partial charge is 0.481 e. The van der Waals surface area contributed by atoms with Crippen LogP contribution >= 0.6 is 0 Å². The normalized spacial score (nSPS) is 13.6. The third-order valence-electron chi connectivity index (χ3n) is 3.75. The van der Waals surface area contributed by atoms with Crippen molar-refractivity contribution < 1.29 is 44.1 Å². The average Bonchev–Trinajstić information content (AvgIpc) is 2.61. The molecule has 0 aliphatic heterocycles. The van der Waals surface area contributed by atoms with Crippen LogP contribution < -0.4 is 27.6 Å². The Kier molecular flexibility index (Phi) is 11.5. The second kappa shape index (κ2) is 13.0. The van der Waals surface area contributed by atoms with Gasteiger partial charge in [0.05, 0.1) is 0 Å². The summed E-state index contributed by atoms with van der Waals surface area (Å²) in [7, 11) is 0. The zero-order valence-corrected chi connectivity index (χ0v) is 15.4. The number of nitrogens with two attached hydrogens (primary N) is 2. The molecule has 0 aliphatic carbocycles. The lowest BCUT2D eigenvalue weighted by Gasteiger charge is -2.23. The predicted molar refractivity (Wildman–Crippen MR) is 94.8 cm³/mol. The second-order valence-electron chi connectivity index (χ2n) is 6.04. The number of rotatable bonds is 15. The van der Waals surface area contributed by atoms with Crippen molar-refractivity contribution in [2.45, 2.75) is 56.7 Å². The molecule has 0 aromatic rings. The van der Waals surface area contributed by atoms with Crippen LogP contribution in [0.15, 0.2) is 0 Å². The molecule has 0 saturated heterocycles. The van der Waals surface area contributed by atoms with E-state index in [1.165, 1.54) is 0 Å². The number of primary amides is 1. The maximum Gasteiger partial charge on any atom is 0.303 e. The molecule has 14 heteroatoms. The van der Waals surface area contributed by atoms with E-state index in [2.05, 4.69) is 16.1 Å². The van der Waals surface area contributed by atoms with E-state index >= 15 is 0 Å². The van der Waals surface area contributed by atoms with Crippen molar-refractivity contribution in [2.75, 3.05) is 0 Å². The average molecular weight is 419 g/mol. The number of aliphatic carboxylic acids is 3. The van der Waals surface area contributed by atoms with Gasteiger partial charge in [-0.3, -0.25) is 34.6 Å². The van der Waals surface area contributed by atoms with Crippen LogP contribution in [-0.4, -0.2) is 69.1 Å². The minimum atomic E-state index is -1.41. The van der Waals surface area contributed by atoms with Crippen LogP contribution in [-0.2, 0) is 28.8 Å². The number of hydrazine groups is 1. The first-order chi connectivity index (χ1) is 13.5. The van der Waals surface area contributed by atoms with Crippen LogP contribution in [0, 0.1) is 0 Å². The molecule has 0 spiro atoms. The van der Waals surface area contributed by atoms with Crippen LogP contribution in [0.1, 0.15) is 38.5 Å². The fourth-order valence-corrected chi connectivity index (χ4v) is 2.19. The maximum absolute atomic E-state index is 12.4. The summed E-state index contributed by atoms with van der Waals surface area (Å²) in [6.07, 6.45) is -2.23. The van der Waals surface area contributed by atoms with Gasteiger partial charge in [-0.15, -0.1) is 0 Å². The Balaban J connectivity index is 5.20. The first-order valence-electron chi connectivity index (χ1n) is 8.49. The molecule has 0 heterocycles. The van der Waals surface area contributed by atoms with Gasteiger partial charge >= 0.3 is 17.9 Å². The number of amides is 3. The number of carboxylic acid groups (broad SMARTS) is 3. The minimum absolute atomic E-state index is 0.201. The molecular formula is C15H25N5O9. The summed E-state index contributed by atoms with van der Waals surface area (Å²) in [4.78, 5) is 68.1. The van der Waals surface area contributed by atoms with Crippen LogP contribution in [0.2, 0.25) is 0 Å². The number of hydrogen-bond donors (Lipinski definition) is 8. The van der Waals surface area contributed by atoms with E-state index in [9.17, 15) is 28.8 Å². The van der Waals surface area contributed by atoms with Crippen molar-refractivity contribution in [1.82, 2.24) is 16.1 Å². The van der Waals surface area contributed by atoms with E-state index < -0.39 is 73.0 Å². The molecule has 0 rings (SSSR count). The standard InChI is InChI=1S/C15H25N5O9/c16-13(27)7(1-4-10(21)22)18-14(28)8(2-5-11(23)24)19-15(29)9(20-17)3-6-12(25)26/h7-9,20H,1-6,17H2,(H2,16,27)(H,18,28)(H,19,29)(H,21,22)(H,23,24)(H,25,26). The molecule has 3 amide bonds. The van der Waals surface area contributed by atoms with E-state index in [0.29, 0.717) is 0 Å². The lowest BCUT2D eigenvalue weighted by Crippen LogP contribution is -2.56. The number of carbonyl (C=O) groups excluding carboxylic acids is 3. The Morgan fingerprint density at radius 3 is 1.38 bits per heavy atom. The zero-order chi connectivity index (χ0) is 22.6. The molecule has 14 nitrogen and oxygen atoms in total. The van der Waals surface area contributed by atoms with Gasteiger partial charge in [-0.25, -0.2) is 5.43 Å². The topological polar surface area (TPSA) is 251 Å². The van der Waals surface area contributed by atoms with Crippen LogP contribution in [0.25, 0.3) is 0 Å². The Bertz CT molecular complexity index is 640. The first kappa shape index (κ1) is 25.7. The molecule has 0 radical (unpaired) electrons. The Hall–Kier alpha value is -3.26. The van der Waals surface area contributed by atoms with Crippen LogP contribution in [0.5, 0.6) is 0 Å². The minimum Gasteiger partial charge on any atom is -0.481 e. The van der Waals surface area contributed by atoms with Gasteiger partial charge in [-0.05, 0) is 19.3 Å². The predicted octanol–water partition coefficient (Wildman–Crippen LogP) is -3.13. The monoisotopic (exact) mass is 419 g/mol. The van der Waals surface area contributed by atoms with Crippen molar-refractivity contribution >= 4 is 35.6 Å². The number of nitrogens with one attached hydrogen (secondary N) is 3. The molecule has 164 valence electrons. The summed E-state index contributed by atoms with van der Waals surface area (Å²) >= 11 is 0. The smallest absolute Gasteiger partial charge is 0.303 e. The van der Waals surface area contributed by atoms with Crippen molar-refractivity contribution in [3.05, 3.63) is 0 Å². The van der Waals surface area contributed by atoms with Crippen molar-refractivity contribution in [1.29, 1.82) is 0 Å². The van der Waals surface area contributed by atoms with Crippen molar-refractivity contribution in [2.24, 2.45) is 11.6 Å². The highest BCUT2D eigenvalue weighted by Gasteiger charge is 2.28. The van der Waals surface area contributed by atoms with E-state index in [-0.39, 0.29) is 19.3 Å². The Labute approximate surface area is 164 Å². The van der Waals surface area contributed by atoms with E-state index in [0.717, 1.165) is 0 Å². The lowest BCUT2D eigenvalue weighted by molar-refractivity contribution is -0.139. The summed E-state index contributed by atoms with van der Waals surface area (Å²) < 4.78 is 0. The highest BCUT2D eigenvalue weighted by Crippen LogP contribution is 2.04. The van der Waals surface area contributed by atoms with Crippen LogP contribution in [0.4, 0.5) is 0 Å². The van der Waals surface area contributed by atoms with Gasteiger partial charge < -0.3 is 31.7 Å². The van der Waals surface area contributed by atoms with Gasteiger partial charge in [0, 0.05) is 19.3 Å². The molecule has 0 bridgehead atoms. The molecule has 0 fully saturated rings. The molecule has 0 aliphatic rings. The molecule has 3 atom stereocenters. The molecule has 10 N–H and O–H groups in total. The summed E-state index contributed by atoms with van der Waals surface area (Å²) in [6, 6.07) is -3.94. The lowest BCUT2D eigenvalue weighted by atomic mass is 10.1. The summed E-state index contributed by atoms with van der Waals surface area (Å²) in [5, 5.41) is 30.6. The van der Waals surface area contributed by atoms with Gasteiger partial charge in [0.15, 0.2) is 0 Å². The van der Waals surface area contributed by atoms with Gasteiger partial charge in [0.25, 0.3) is 0 Å².